The van der Waals surface area contributed by atoms with Crippen LogP contribution in [0.4, 0.5) is 5.69 Å². The van der Waals surface area contributed by atoms with E-state index in [0.717, 1.165) is 17.1 Å². The van der Waals surface area contributed by atoms with E-state index in [2.05, 4.69) is 42.8 Å². The van der Waals surface area contributed by atoms with Crippen molar-refractivity contribution in [1.82, 2.24) is 4.98 Å². The predicted octanol–water partition coefficient (Wildman–Crippen LogP) is 5.29. The Hall–Kier alpha value is -1.28. The van der Waals surface area contributed by atoms with Crippen LogP contribution in [0.3, 0.4) is 0 Å². The Morgan fingerprint density at radius 2 is 2.00 bits per heavy atom. The molecule has 1 aromatic carbocycles. The fourth-order valence-electron chi connectivity index (χ4n) is 5.10. The van der Waals surface area contributed by atoms with Gasteiger partial charge in [-0.25, -0.2) is 0 Å². The van der Waals surface area contributed by atoms with Crippen molar-refractivity contribution < 1.29 is 0 Å². The lowest BCUT2D eigenvalue weighted by atomic mass is 9.65. The first-order chi connectivity index (χ1) is 10.4. The summed E-state index contributed by atoms with van der Waals surface area (Å²) in [6, 6.07) is 8.81. The molecule has 2 aromatic rings. The number of fused-ring (bicyclic) bond motifs is 3. The summed E-state index contributed by atoms with van der Waals surface area (Å²) >= 11 is 6.23. The van der Waals surface area contributed by atoms with Crippen molar-refractivity contribution >= 4 is 28.2 Å². The SMILES string of the molecule is CC1(C)CC2CC(C)(CN2c2ccnc3ccc(Cl)cc23)C1. The smallest absolute Gasteiger partial charge is 0.0723 e. The minimum absolute atomic E-state index is 0.431. The number of anilines is 1. The second-order valence-electron chi connectivity index (χ2n) is 8.33. The molecule has 2 fully saturated rings. The fraction of sp³-hybridized carbons (Fsp3) is 0.526. The van der Waals surface area contributed by atoms with Crippen LogP contribution in [-0.4, -0.2) is 17.6 Å². The fourth-order valence-corrected chi connectivity index (χ4v) is 5.27. The molecule has 1 aliphatic heterocycles. The first-order valence-corrected chi connectivity index (χ1v) is 8.54. The van der Waals surface area contributed by atoms with Crippen LogP contribution in [-0.2, 0) is 0 Å². The highest BCUT2D eigenvalue weighted by Gasteiger charge is 2.49. The minimum Gasteiger partial charge on any atom is -0.367 e. The van der Waals surface area contributed by atoms with E-state index in [1.807, 2.05) is 18.3 Å². The molecule has 1 aromatic heterocycles. The van der Waals surface area contributed by atoms with Gasteiger partial charge in [-0.05, 0) is 54.4 Å². The third kappa shape index (κ3) is 2.28. The molecular formula is C19H23ClN2. The number of aromatic nitrogens is 1. The number of pyridine rings is 1. The molecular weight excluding hydrogens is 292 g/mol. The summed E-state index contributed by atoms with van der Waals surface area (Å²) in [5.41, 5.74) is 3.21. The number of nitrogens with zero attached hydrogens (tertiary/aromatic N) is 2. The molecule has 2 heterocycles. The number of halogens is 1. The summed E-state index contributed by atoms with van der Waals surface area (Å²) in [4.78, 5) is 7.12. The quantitative estimate of drug-likeness (QED) is 0.710. The number of hydrogen-bond donors (Lipinski definition) is 0. The Labute approximate surface area is 137 Å². The molecule has 3 heteroatoms. The molecule has 2 nitrogen and oxygen atoms in total. The zero-order chi connectivity index (χ0) is 15.5. The normalized spacial score (nSPS) is 30.0. The molecule has 4 rings (SSSR count). The van der Waals surface area contributed by atoms with Gasteiger partial charge in [-0.1, -0.05) is 32.4 Å². The van der Waals surface area contributed by atoms with E-state index < -0.39 is 0 Å². The summed E-state index contributed by atoms with van der Waals surface area (Å²) in [7, 11) is 0. The zero-order valence-corrected chi connectivity index (χ0v) is 14.3. The van der Waals surface area contributed by atoms with E-state index in [4.69, 9.17) is 11.6 Å². The van der Waals surface area contributed by atoms with E-state index in [1.165, 1.54) is 30.3 Å². The number of rotatable bonds is 1. The maximum atomic E-state index is 6.23. The minimum atomic E-state index is 0.431. The summed E-state index contributed by atoms with van der Waals surface area (Å²) in [5, 5.41) is 1.97. The topological polar surface area (TPSA) is 16.1 Å². The summed E-state index contributed by atoms with van der Waals surface area (Å²) in [6.07, 6.45) is 5.83. The van der Waals surface area contributed by atoms with Crippen LogP contribution in [0.5, 0.6) is 0 Å². The third-order valence-electron chi connectivity index (χ3n) is 5.40. The van der Waals surface area contributed by atoms with E-state index in [-0.39, 0.29) is 0 Å². The highest BCUT2D eigenvalue weighted by atomic mass is 35.5. The van der Waals surface area contributed by atoms with Gasteiger partial charge in [0.2, 0.25) is 0 Å². The highest BCUT2D eigenvalue weighted by molar-refractivity contribution is 6.31. The molecule has 1 saturated heterocycles. The van der Waals surface area contributed by atoms with E-state index in [9.17, 15) is 0 Å². The van der Waals surface area contributed by atoms with Gasteiger partial charge in [0.25, 0.3) is 0 Å². The number of benzene rings is 1. The van der Waals surface area contributed by atoms with Crippen molar-refractivity contribution in [2.45, 2.75) is 46.1 Å². The Bertz CT molecular complexity index is 739. The lowest BCUT2D eigenvalue weighted by Crippen LogP contribution is -2.34. The average molecular weight is 315 g/mol. The van der Waals surface area contributed by atoms with Gasteiger partial charge < -0.3 is 4.90 Å². The molecule has 22 heavy (non-hydrogen) atoms. The molecule has 1 saturated carbocycles. The van der Waals surface area contributed by atoms with Crippen LogP contribution in [0.15, 0.2) is 30.5 Å². The molecule has 0 radical (unpaired) electrons. The molecule has 1 aliphatic carbocycles. The van der Waals surface area contributed by atoms with Crippen molar-refractivity contribution in [3.63, 3.8) is 0 Å². The van der Waals surface area contributed by atoms with Crippen LogP contribution in [0, 0.1) is 10.8 Å². The Kier molecular flexibility index (Phi) is 3.00. The molecule has 2 unspecified atom stereocenters. The maximum Gasteiger partial charge on any atom is 0.0723 e. The monoisotopic (exact) mass is 314 g/mol. The highest BCUT2D eigenvalue weighted by Crippen LogP contribution is 2.54. The van der Waals surface area contributed by atoms with Crippen LogP contribution in [0.1, 0.15) is 40.0 Å². The zero-order valence-electron chi connectivity index (χ0n) is 13.6. The molecule has 0 N–H and O–H groups in total. The second kappa shape index (κ2) is 4.61. The largest absolute Gasteiger partial charge is 0.367 e. The van der Waals surface area contributed by atoms with Gasteiger partial charge >= 0.3 is 0 Å². The summed E-state index contributed by atoms with van der Waals surface area (Å²) < 4.78 is 0. The Morgan fingerprint density at radius 3 is 2.82 bits per heavy atom. The molecule has 116 valence electrons. The van der Waals surface area contributed by atoms with Crippen molar-refractivity contribution in [3.05, 3.63) is 35.5 Å². The van der Waals surface area contributed by atoms with Crippen molar-refractivity contribution in [2.24, 2.45) is 10.8 Å². The average Bonchev–Trinajstić information content (AvgIpc) is 2.67. The first-order valence-electron chi connectivity index (χ1n) is 8.16. The maximum absolute atomic E-state index is 6.23. The molecule has 2 aliphatic rings. The molecule has 2 atom stereocenters. The van der Waals surface area contributed by atoms with Gasteiger partial charge in [-0.3, -0.25) is 4.98 Å². The van der Waals surface area contributed by atoms with Crippen molar-refractivity contribution in [1.29, 1.82) is 0 Å². The van der Waals surface area contributed by atoms with Crippen LogP contribution in [0.2, 0.25) is 5.02 Å². The van der Waals surface area contributed by atoms with Gasteiger partial charge in [0, 0.05) is 34.9 Å². The van der Waals surface area contributed by atoms with Crippen molar-refractivity contribution in [2.75, 3.05) is 11.4 Å². The van der Waals surface area contributed by atoms with Gasteiger partial charge in [-0.15, -0.1) is 0 Å². The van der Waals surface area contributed by atoms with Crippen LogP contribution in [0.25, 0.3) is 10.9 Å². The number of hydrogen-bond acceptors (Lipinski definition) is 2. The molecule has 0 spiro atoms. The lowest BCUT2D eigenvalue weighted by Gasteiger charge is -2.39. The van der Waals surface area contributed by atoms with Gasteiger partial charge in [0.15, 0.2) is 0 Å². The van der Waals surface area contributed by atoms with Crippen LogP contribution < -0.4 is 4.90 Å². The van der Waals surface area contributed by atoms with E-state index >= 15 is 0 Å². The van der Waals surface area contributed by atoms with E-state index in [0.29, 0.717) is 16.9 Å². The molecule has 0 amide bonds. The summed E-state index contributed by atoms with van der Waals surface area (Å²) in [5.74, 6) is 0. The van der Waals surface area contributed by atoms with Gasteiger partial charge in [-0.2, -0.15) is 0 Å². The van der Waals surface area contributed by atoms with Gasteiger partial charge in [0.1, 0.15) is 0 Å². The second-order valence-corrected chi connectivity index (χ2v) is 8.77. The lowest BCUT2D eigenvalue weighted by molar-refractivity contribution is 0.136. The van der Waals surface area contributed by atoms with Crippen molar-refractivity contribution in [3.8, 4) is 0 Å². The third-order valence-corrected chi connectivity index (χ3v) is 5.64. The standard InChI is InChI=1S/C19H23ClN2/c1-18(2)9-14-10-19(3,11-18)12-22(14)17-6-7-21-16-5-4-13(20)8-15(16)17/h4-8,14H,9-12H2,1-3H3. The van der Waals surface area contributed by atoms with E-state index in [1.54, 1.807) is 0 Å². The summed E-state index contributed by atoms with van der Waals surface area (Å²) in [6.45, 7) is 8.44. The van der Waals surface area contributed by atoms with Gasteiger partial charge in [0.05, 0.1) is 5.52 Å². The first kappa shape index (κ1) is 14.3. The Morgan fingerprint density at radius 1 is 1.18 bits per heavy atom. The molecule has 2 bridgehead atoms. The Balaban J connectivity index is 1.82. The van der Waals surface area contributed by atoms with Crippen LogP contribution >= 0.6 is 11.6 Å². The predicted molar refractivity (Wildman–Crippen MR) is 93.6 cm³/mol.